The summed E-state index contributed by atoms with van der Waals surface area (Å²) in [7, 11) is 4.36. The number of carbonyl (C=O) groups excluding carboxylic acids is 1. The van der Waals surface area contributed by atoms with Gasteiger partial charge in [-0.15, -0.1) is 5.10 Å². The predicted molar refractivity (Wildman–Crippen MR) is 168 cm³/mol. The molecule has 0 bridgehead atoms. The van der Waals surface area contributed by atoms with E-state index >= 15 is 0 Å². The minimum absolute atomic E-state index is 0.268. The van der Waals surface area contributed by atoms with Crippen molar-refractivity contribution in [1.82, 2.24) is 20.1 Å². The van der Waals surface area contributed by atoms with Gasteiger partial charge in [-0.3, -0.25) is 0 Å². The lowest BCUT2D eigenvalue weighted by atomic mass is 10.1. The lowest BCUT2D eigenvalue weighted by Gasteiger charge is -2.24. The normalized spacial score (nSPS) is 12.3. The van der Waals surface area contributed by atoms with Crippen molar-refractivity contribution in [2.75, 3.05) is 55.0 Å². The molecule has 1 N–H and O–H groups in total. The highest BCUT2D eigenvalue weighted by atomic mass is 32.2. The predicted octanol–water partition coefficient (Wildman–Crippen LogP) is 5.93. The molecule has 0 aliphatic carbocycles. The van der Waals surface area contributed by atoms with Crippen molar-refractivity contribution in [2.24, 2.45) is 0 Å². The molecule has 0 spiro atoms. The third-order valence-electron chi connectivity index (χ3n) is 7.26. The van der Waals surface area contributed by atoms with E-state index in [1.165, 1.54) is 67.8 Å². The molecule has 1 heterocycles. The summed E-state index contributed by atoms with van der Waals surface area (Å²) in [5.74, 6) is 1.47. The lowest BCUT2D eigenvalue weighted by Crippen LogP contribution is -2.43. The summed E-state index contributed by atoms with van der Waals surface area (Å²) in [6.07, 6.45) is 14.8. The Bertz CT molecular complexity index is 798. The number of nitrogens with one attached hydrogen (secondary N) is 1. The molecule has 0 radical (unpaired) electrons. The smallest absolute Gasteiger partial charge is 0.377 e. The van der Waals surface area contributed by atoms with Gasteiger partial charge in [-0.25, -0.2) is 9.78 Å². The van der Waals surface area contributed by atoms with E-state index in [0.717, 1.165) is 31.4 Å². The fourth-order valence-electron chi connectivity index (χ4n) is 4.62. The van der Waals surface area contributed by atoms with Crippen LogP contribution in [-0.4, -0.2) is 93.4 Å². The van der Waals surface area contributed by atoms with Gasteiger partial charge in [-0.2, -0.15) is 4.68 Å². The monoisotopic (exact) mass is 636 g/mol. The average molecular weight is 637 g/mol. The lowest BCUT2D eigenvalue weighted by molar-refractivity contribution is 0.122. The zero-order chi connectivity index (χ0) is 30.4. The molecule has 41 heavy (non-hydrogen) atoms. The Labute approximate surface area is 254 Å². The molecule has 0 atom stereocenters. The van der Waals surface area contributed by atoms with Gasteiger partial charge in [0, 0.05) is 73.5 Å². The van der Waals surface area contributed by atoms with Crippen molar-refractivity contribution in [1.29, 1.82) is 0 Å². The van der Waals surface area contributed by atoms with Crippen LogP contribution in [0.3, 0.4) is 0 Å². The maximum Gasteiger partial charge on any atom is 0.500 e. The first-order valence-corrected chi connectivity index (χ1v) is 19.9. The van der Waals surface area contributed by atoms with Crippen molar-refractivity contribution in [3.05, 3.63) is 5.82 Å². The van der Waals surface area contributed by atoms with Crippen molar-refractivity contribution >= 4 is 35.4 Å². The number of thioether (sulfide) groups is 1. The molecule has 0 saturated heterocycles. The SMILES string of the molecule is CCCCCCCCCCCCc1nc(SCCC[Si](OC)(OC)OC)nn1C(=O)NCCC[Si](OC)(OC)OC. The van der Waals surface area contributed by atoms with Crippen LogP contribution in [0.5, 0.6) is 0 Å². The van der Waals surface area contributed by atoms with Gasteiger partial charge in [-0.1, -0.05) is 76.5 Å². The van der Waals surface area contributed by atoms with E-state index in [0.29, 0.717) is 36.0 Å². The van der Waals surface area contributed by atoms with Crippen LogP contribution >= 0.6 is 11.8 Å². The molecular formula is C27H56N4O7SSi2. The van der Waals surface area contributed by atoms with Gasteiger partial charge in [0.05, 0.1) is 0 Å². The molecule has 0 aliphatic heterocycles. The topological polar surface area (TPSA) is 115 Å². The van der Waals surface area contributed by atoms with E-state index in [-0.39, 0.29) is 6.03 Å². The van der Waals surface area contributed by atoms with Crippen LogP contribution in [-0.2, 0) is 33.0 Å². The number of carbonyl (C=O) groups is 1. The van der Waals surface area contributed by atoms with E-state index in [9.17, 15) is 4.79 Å². The molecule has 1 aromatic rings. The second-order valence-electron chi connectivity index (χ2n) is 10.0. The van der Waals surface area contributed by atoms with Crippen LogP contribution in [0, 0.1) is 0 Å². The zero-order valence-corrected chi connectivity index (χ0v) is 29.4. The average Bonchev–Trinajstić information content (AvgIpc) is 3.42. The first-order chi connectivity index (χ1) is 19.9. The largest absolute Gasteiger partial charge is 0.500 e. The first-order valence-electron chi connectivity index (χ1n) is 15.1. The summed E-state index contributed by atoms with van der Waals surface area (Å²) in [6.45, 7) is 2.71. The summed E-state index contributed by atoms with van der Waals surface area (Å²) in [6, 6.07) is 1.04. The van der Waals surface area contributed by atoms with Crippen LogP contribution in [0.25, 0.3) is 0 Å². The summed E-state index contributed by atoms with van der Waals surface area (Å²) < 4.78 is 34.4. The number of unbranched alkanes of at least 4 members (excludes halogenated alkanes) is 9. The number of nitrogens with zero attached hydrogens (tertiary/aromatic N) is 3. The Morgan fingerprint density at radius 2 is 1.22 bits per heavy atom. The van der Waals surface area contributed by atoms with Crippen molar-refractivity contribution in [3.8, 4) is 0 Å². The van der Waals surface area contributed by atoms with Gasteiger partial charge in [0.15, 0.2) is 0 Å². The minimum Gasteiger partial charge on any atom is -0.377 e. The van der Waals surface area contributed by atoms with E-state index < -0.39 is 17.6 Å². The van der Waals surface area contributed by atoms with Gasteiger partial charge in [0.1, 0.15) is 5.82 Å². The van der Waals surface area contributed by atoms with Gasteiger partial charge in [-0.05, 0) is 19.3 Å². The van der Waals surface area contributed by atoms with Crippen LogP contribution in [0.15, 0.2) is 5.16 Å². The molecule has 0 saturated carbocycles. The molecular weight excluding hydrogens is 581 g/mol. The van der Waals surface area contributed by atoms with Gasteiger partial charge in [0.25, 0.3) is 0 Å². The molecule has 1 aromatic heterocycles. The Hall–Kier alpha value is -0.846. The Kier molecular flexibility index (Phi) is 21.1. The standard InChI is InChI=1S/C27H56N4O7SSi2/c1-8-9-10-11-12-13-14-15-16-17-20-25-29-26(39-22-19-24-41(36-5,37-6)38-7)30-31(25)27(32)28-21-18-23-40(33-2,34-3)35-4/h8-24H2,1-7H3,(H,28,32). The Morgan fingerprint density at radius 3 is 1.73 bits per heavy atom. The molecule has 0 aliphatic rings. The quantitative estimate of drug-likeness (QED) is 0.0746. The summed E-state index contributed by atoms with van der Waals surface area (Å²) >= 11 is 1.53. The van der Waals surface area contributed by atoms with E-state index in [1.54, 1.807) is 42.7 Å². The van der Waals surface area contributed by atoms with Crippen LogP contribution in [0.2, 0.25) is 12.1 Å². The van der Waals surface area contributed by atoms with Gasteiger partial charge < -0.3 is 31.9 Å². The Balaban J connectivity index is 2.66. The summed E-state index contributed by atoms with van der Waals surface area (Å²) in [4.78, 5) is 17.8. The third-order valence-corrected chi connectivity index (χ3v) is 13.8. The maximum atomic E-state index is 13.1. The van der Waals surface area contributed by atoms with Gasteiger partial charge in [0.2, 0.25) is 5.16 Å². The zero-order valence-electron chi connectivity index (χ0n) is 26.6. The van der Waals surface area contributed by atoms with Crippen LogP contribution in [0.1, 0.15) is 89.8 Å². The molecule has 1 rings (SSSR count). The molecule has 1 amide bonds. The summed E-state index contributed by atoms with van der Waals surface area (Å²) in [5, 5.41) is 8.13. The Morgan fingerprint density at radius 1 is 0.732 bits per heavy atom. The fraction of sp³-hybridized carbons (Fsp3) is 0.889. The van der Waals surface area contributed by atoms with Crippen LogP contribution in [0.4, 0.5) is 4.79 Å². The number of amides is 1. The molecule has 14 heteroatoms. The minimum atomic E-state index is -2.67. The second kappa shape index (κ2) is 22.7. The third kappa shape index (κ3) is 14.5. The highest BCUT2D eigenvalue weighted by Crippen LogP contribution is 2.22. The van der Waals surface area contributed by atoms with E-state index in [1.807, 2.05) is 0 Å². The molecule has 11 nitrogen and oxygen atoms in total. The second-order valence-corrected chi connectivity index (χ2v) is 17.3. The molecule has 0 fully saturated rings. The first kappa shape index (κ1) is 38.2. The molecule has 0 unspecified atom stereocenters. The van der Waals surface area contributed by atoms with Gasteiger partial charge >= 0.3 is 23.6 Å². The molecule has 240 valence electrons. The van der Waals surface area contributed by atoms with Crippen molar-refractivity contribution < 1.29 is 31.4 Å². The van der Waals surface area contributed by atoms with Crippen molar-refractivity contribution in [3.63, 3.8) is 0 Å². The highest BCUT2D eigenvalue weighted by molar-refractivity contribution is 7.99. The molecule has 0 aromatic carbocycles. The van der Waals surface area contributed by atoms with Crippen molar-refractivity contribution in [2.45, 2.75) is 108 Å². The number of hydrogen-bond donors (Lipinski definition) is 1. The highest BCUT2D eigenvalue weighted by Gasteiger charge is 2.37. The van der Waals surface area contributed by atoms with E-state index in [4.69, 9.17) is 31.5 Å². The van der Waals surface area contributed by atoms with Crippen LogP contribution < -0.4 is 5.32 Å². The fourth-order valence-corrected chi connectivity index (χ4v) is 9.10. The number of hydrogen-bond acceptors (Lipinski definition) is 10. The number of rotatable bonds is 26. The number of aromatic nitrogens is 3. The number of aryl methyl sites for hydroxylation is 1. The summed E-state index contributed by atoms with van der Waals surface area (Å²) in [5.41, 5.74) is 0. The maximum absolute atomic E-state index is 13.1. The van der Waals surface area contributed by atoms with E-state index in [2.05, 4.69) is 17.3 Å².